The molecule has 0 radical (unpaired) electrons. The van der Waals surface area contributed by atoms with Gasteiger partial charge in [0.1, 0.15) is 0 Å². The largest absolute Gasteiger partial charge is 0.466 e. The Labute approximate surface area is 233 Å². The van der Waals surface area contributed by atoms with Gasteiger partial charge in [0.25, 0.3) is 5.69 Å². The lowest BCUT2D eigenvalue weighted by atomic mass is 9.80. The number of rotatable bonds is 7. The smallest absolute Gasteiger partial charge is 0.338 e. The van der Waals surface area contributed by atoms with E-state index in [4.69, 9.17) is 9.47 Å². The van der Waals surface area contributed by atoms with Crippen LogP contribution in [0.15, 0.2) is 77.1 Å². The molecule has 2 aromatic carbocycles. The lowest BCUT2D eigenvalue weighted by Gasteiger charge is -2.36. The SMILES string of the molecule is COC(=O)C1=C(C)NC(C)=C(C(=O)OC2CCCCN2Cc2ccccc2)C1c1cccc([N+](=O)[O-])c1.Cl.O. The average Bonchev–Trinajstić information content (AvgIpc) is 2.89. The summed E-state index contributed by atoms with van der Waals surface area (Å²) >= 11 is 0. The number of carbonyl (C=O) groups excluding carboxylic acids is 2. The topological polar surface area (TPSA) is 143 Å². The van der Waals surface area contributed by atoms with E-state index in [1.165, 1.54) is 19.2 Å². The van der Waals surface area contributed by atoms with Crippen LogP contribution in [0.3, 0.4) is 0 Å². The van der Waals surface area contributed by atoms with E-state index in [-0.39, 0.29) is 34.7 Å². The summed E-state index contributed by atoms with van der Waals surface area (Å²) in [6, 6.07) is 16.0. The standard InChI is InChI=1S/C28H31N3O6.ClH.H2O/c1-18-24(27(32)36-3)26(21-12-9-13-22(16-21)31(34)35)25(19(2)29-18)28(33)37-23-14-7-8-15-30(23)17-20-10-5-4-6-11-20;;/h4-6,9-13,16,23,26,29H,7-8,14-15,17H2,1-3H3;1H;1H2. The number of nitro groups is 1. The van der Waals surface area contributed by atoms with E-state index in [0.717, 1.165) is 24.9 Å². The van der Waals surface area contributed by atoms with Crippen molar-refractivity contribution in [2.75, 3.05) is 13.7 Å². The number of benzene rings is 2. The predicted octanol–water partition coefficient (Wildman–Crippen LogP) is 4.16. The van der Waals surface area contributed by atoms with Gasteiger partial charge < -0.3 is 20.3 Å². The van der Waals surface area contributed by atoms with E-state index in [0.29, 0.717) is 29.9 Å². The van der Waals surface area contributed by atoms with Gasteiger partial charge in [0.2, 0.25) is 0 Å². The van der Waals surface area contributed by atoms with Gasteiger partial charge in [-0.1, -0.05) is 42.5 Å². The van der Waals surface area contributed by atoms with Gasteiger partial charge in [-0.2, -0.15) is 0 Å². The van der Waals surface area contributed by atoms with Gasteiger partial charge in [-0.05, 0) is 44.2 Å². The second-order valence-electron chi connectivity index (χ2n) is 9.29. The van der Waals surface area contributed by atoms with Crippen molar-refractivity contribution in [3.63, 3.8) is 0 Å². The molecule has 2 atom stereocenters. The summed E-state index contributed by atoms with van der Waals surface area (Å²) in [5, 5.41) is 14.6. The Morgan fingerprint density at radius 1 is 1.03 bits per heavy atom. The second-order valence-corrected chi connectivity index (χ2v) is 9.29. The third-order valence-corrected chi connectivity index (χ3v) is 6.83. The van der Waals surface area contributed by atoms with Crippen molar-refractivity contribution < 1.29 is 29.5 Å². The Kier molecular flexibility index (Phi) is 11.2. The highest BCUT2D eigenvalue weighted by Crippen LogP contribution is 2.40. The normalized spacial score (nSPS) is 19.3. The number of methoxy groups -OCH3 is 1. The molecule has 0 saturated carbocycles. The van der Waals surface area contributed by atoms with Gasteiger partial charge in [0.15, 0.2) is 6.23 Å². The third kappa shape index (κ3) is 7.03. The lowest BCUT2D eigenvalue weighted by Crippen LogP contribution is -2.43. The molecular formula is C28H34ClN3O7. The molecule has 0 bridgehead atoms. The first-order valence-corrected chi connectivity index (χ1v) is 12.3. The molecule has 1 fully saturated rings. The maximum absolute atomic E-state index is 13.8. The molecule has 2 unspecified atom stereocenters. The van der Waals surface area contributed by atoms with Crippen LogP contribution < -0.4 is 5.32 Å². The quantitative estimate of drug-likeness (QED) is 0.303. The van der Waals surface area contributed by atoms with Crippen molar-refractivity contribution in [2.24, 2.45) is 0 Å². The first-order valence-electron chi connectivity index (χ1n) is 12.3. The highest BCUT2D eigenvalue weighted by atomic mass is 35.5. The van der Waals surface area contributed by atoms with E-state index in [9.17, 15) is 19.7 Å². The second kappa shape index (κ2) is 13.9. The molecule has 2 aliphatic rings. The fourth-order valence-electron chi connectivity index (χ4n) is 5.08. The van der Waals surface area contributed by atoms with E-state index in [2.05, 4.69) is 10.2 Å². The Bertz CT molecular complexity index is 1260. The maximum atomic E-state index is 13.8. The van der Waals surface area contributed by atoms with Crippen LogP contribution in [0.5, 0.6) is 0 Å². The minimum atomic E-state index is -0.882. The molecule has 0 spiro atoms. The van der Waals surface area contributed by atoms with E-state index in [1.807, 2.05) is 30.3 Å². The molecule has 2 aliphatic heterocycles. The van der Waals surface area contributed by atoms with Crippen molar-refractivity contribution in [2.45, 2.75) is 51.8 Å². The molecule has 2 heterocycles. The number of likely N-dealkylation sites (tertiary alicyclic amines) is 1. The summed E-state index contributed by atoms with van der Waals surface area (Å²) in [7, 11) is 1.26. The molecule has 39 heavy (non-hydrogen) atoms. The van der Waals surface area contributed by atoms with Gasteiger partial charge in [-0.25, -0.2) is 9.59 Å². The fraction of sp³-hybridized carbons (Fsp3) is 0.357. The third-order valence-electron chi connectivity index (χ3n) is 6.83. The zero-order valence-electron chi connectivity index (χ0n) is 22.1. The zero-order valence-corrected chi connectivity index (χ0v) is 23.0. The molecule has 210 valence electrons. The monoisotopic (exact) mass is 559 g/mol. The molecular weight excluding hydrogens is 526 g/mol. The lowest BCUT2D eigenvalue weighted by molar-refractivity contribution is -0.384. The maximum Gasteiger partial charge on any atom is 0.338 e. The van der Waals surface area contributed by atoms with Crippen LogP contribution >= 0.6 is 12.4 Å². The van der Waals surface area contributed by atoms with Gasteiger partial charge in [-0.15, -0.1) is 12.4 Å². The van der Waals surface area contributed by atoms with Crippen molar-refractivity contribution in [3.05, 3.63) is 98.4 Å². The van der Waals surface area contributed by atoms with Crippen LogP contribution in [0.2, 0.25) is 0 Å². The number of dihydropyridines is 1. The highest BCUT2D eigenvalue weighted by molar-refractivity contribution is 6.00. The van der Waals surface area contributed by atoms with Crippen molar-refractivity contribution in [1.29, 1.82) is 0 Å². The summed E-state index contributed by atoms with van der Waals surface area (Å²) < 4.78 is 11.1. The van der Waals surface area contributed by atoms with Gasteiger partial charge in [0.05, 0.1) is 29.1 Å². The number of nitrogens with zero attached hydrogens (tertiary/aromatic N) is 2. The summed E-state index contributed by atoms with van der Waals surface area (Å²) in [5.41, 5.74) is 2.91. The number of ether oxygens (including phenoxy) is 2. The molecule has 1 saturated heterocycles. The Hall–Kier alpha value is -3.73. The minimum Gasteiger partial charge on any atom is -0.466 e. The molecule has 2 aromatic rings. The number of allylic oxidation sites excluding steroid dienone is 2. The van der Waals surface area contributed by atoms with Crippen LogP contribution in [0.1, 0.15) is 50.2 Å². The molecule has 0 aromatic heterocycles. The number of halogens is 1. The van der Waals surface area contributed by atoms with Gasteiger partial charge in [0, 0.05) is 36.6 Å². The number of hydrogen-bond acceptors (Lipinski definition) is 8. The first-order chi connectivity index (χ1) is 17.8. The molecule has 0 amide bonds. The number of nitrogens with one attached hydrogen (secondary N) is 1. The number of non-ortho nitro benzene ring substituents is 1. The van der Waals surface area contributed by atoms with Crippen LogP contribution in [-0.2, 0) is 25.6 Å². The van der Waals surface area contributed by atoms with Crippen LogP contribution in [-0.4, -0.2) is 47.1 Å². The molecule has 0 aliphatic carbocycles. The Morgan fingerprint density at radius 3 is 2.33 bits per heavy atom. The number of hydrogen-bond donors (Lipinski definition) is 1. The number of nitro benzene ring substituents is 1. The van der Waals surface area contributed by atoms with E-state index < -0.39 is 29.0 Å². The molecule has 4 rings (SSSR count). The van der Waals surface area contributed by atoms with Crippen molar-refractivity contribution >= 4 is 30.0 Å². The average molecular weight is 560 g/mol. The van der Waals surface area contributed by atoms with Gasteiger partial charge >= 0.3 is 11.9 Å². The Balaban J connectivity index is 0.00000267. The predicted molar refractivity (Wildman–Crippen MR) is 148 cm³/mol. The zero-order chi connectivity index (χ0) is 26.5. The van der Waals surface area contributed by atoms with Crippen LogP contribution in [0, 0.1) is 10.1 Å². The van der Waals surface area contributed by atoms with E-state index >= 15 is 0 Å². The fourth-order valence-corrected chi connectivity index (χ4v) is 5.08. The number of piperidine rings is 1. The summed E-state index contributed by atoms with van der Waals surface area (Å²) in [5.74, 6) is -2.07. The number of esters is 2. The summed E-state index contributed by atoms with van der Waals surface area (Å²) in [6.45, 7) is 4.89. The molecule has 10 nitrogen and oxygen atoms in total. The Morgan fingerprint density at radius 2 is 1.69 bits per heavy atom. The van der Waals surface area contributed by atoms with Crippen LogP contribution in [0.4, 0.5) is 5.69 Å². The highest BCUT2D eigenvalue weighted by Gasteiger charge is 2.39. The molecule has 3 N–H and O–H groups in total. The van der Waals surface area contributed by atoms with E-state index in [1.54, 1.807) is 26.0 Å². The van der Waals surface area contributed by atoms with Crippen LogP contribution in [0.25, 0.3) is 0 Å². The van der Waals surface area contributed by atoms with Gasteiger partial charge in [-0.3, -0.25) is 15.0 Å². The summed E-state index contributed by atoms with van der Waals surface area (Å²) in [6.07, 6.45) is 2.20. The summed E-state index contributed by atoms with van der Waals surface area (Å²) in [4.78, 5) is 39.8. The molecule has 11 heteroatoms. The van der Waals surface area contributed by atoms with Crippen molar-refractivity contribution in [1.82, 2.24) is 10.2 Å². The minimum absolute atomic E-state index is 0. The first kappa shape index (κ1) is 31.5. The van der Waals surface area contributed by atoms with Crippen molar-refractivity contribution in [3.8, 4) is 0 Å². The number of carbonyl (C=O) groups is 2.